The van der Waals surface area contributed by atoms with Gasteiger partial charge in [0, 0.05) is 24.2 Å². The molecule has 1 aromatic heterocycles. The van der Waals surface area contributed by atoms with Crippen molar-refractivity contribution in [2.75, 3.05) is 13.1 Å². The predicted molar refractivity (Wildman–Crippen MR) is 73.4 cm³/mol. The Morgan fingerprint density at radius 2 is 1.89 bits per heavy atom. The first-order valence-corrected chi connectivity index (χ1v) is 7.13. The van der Waals surface area contributed by atoms with Gasteiger partial charge < -0.3 is 9.88 Å². The summed E-state index contributed by atoms with van der Waals surface area (Å²) in [6.07, 6.45) is 5.49. The van der Waals surface area contributed by atoms with Crippen LogP contribution >= 0.6 is 0 Å². The summed E-state index contributed by atoms with van der Waals surface area (Å²) in [4.78, 5) is 29.1. The van der Waals surface area contributed by atoms with Crippen LogP contribution in [0.3, 0.4) is 0 Å². The number of aromatic nitrogens is 1. The first-order chi connectivity index (χ1) is 9.10. The van der Waals surface area contributed by atoms with Gasteiger partial charge in [0.05, 0.1) is 0 Å². The average molecular weight is 260 g/mol. The minimum absolute atomic E-state index is 0.117. The normalized spacial score (nSPS) is 21.2. The fourth-order valence-corrected chi connectivity index (χ4v) is 2.72. The van der Waals surface area contributed by atoms with E-state index in [0.29, 0.717) is 0 Å². The van der Waals surface area contributed by atoms with Gasteiger partial charge in [0.2, 0.25) is 0 Å². The fourth-order valence-electron chi connectivity index (χ4n) is 2.72. The number of amides is 1. The molecule has 3 rings (SSSR count). The first kappa shape index (κ1) is 12.5. The third kappa shape index (κ3) is 2.31. The third-order valence-electron chi connectivity index (χ3n) is 4.43. The Kier molecular flexibility index (Phi) is 2.96. The molecule has 1 aliphatic carbocycles. The van der Waals surface area contributed by atoms with Crippen molar-refractivity contribution in [3.8, 4) is 0 Å². The highest BCUT2D eigenvalue weighted by Crippen LogP contribution is 2.46. The van der Waals surface area contributed by atoms with Gasteiger partial charge in [0.25, 0.3) is 11.5 Å². The number of nitrogens with zero attached hydrogens (tertiary/aromatic N) is 1. The van der Waals surface area contributed by atoms with E-state index in [2.05, 4.69) is 11.9 Å². The molecule has 2 heterocycles. The third-order valence-corrected chi connectivity index (χ3v) is 4.43. The number of likely N-dealkylation sites (tertiary alicyclic amines) is 1. The second kappa shape index (κ2) is 4.51. The highest BCUT2D eigenvalue weighted by atomic mass is 16.2. The van der Waals surface area contributed by atoms with E-state index in [0.717, 1.165) is 44.5 Å². The lowest BCUT2D eigenvalue weighted by molar-refractivity contribution is 0.0722. The van der Waals surface area contributed by atoms with Crippen LogP contribution in [0.15, 0.2) is 16.9 Å². The van der Waals surface area contributed by atoms with Crippen LogP contribution < -0.4 is 5.56 Å². The van der Waals surface area contributed by atoms with Gasteiger partial charge >= 0.3 is 0 Å². The Labute approximate surface area is 112 Å². The largest absolute Gasteiger partial charge is 0.338 e. The smallest absolute Gasteiger partial charge is 0.261 e. The lowest BCUT2D eigenvalue weighted by Gasteiger charge is -2.26. The van der Waals surface area contributed by atoms with Crippen molar-refractivity contribution in [3.05, 3.63) is 33.7 Å². The number of carbonyl (C=O) groups excluding carboxylic acids is 1. The van der Waals surface area contributed by atoms with E-state index in [9.17, 15) is 9.59 Å². The number of rotatable bonds is 2. The molecule has 0 aromatic carbocycles. The van der Waals surface area contributed by atoms with Crippen LogP contribution in [0.25, 0.3) is 0 Å². The van der Waals surface area contributed by atoms with Crippen LogP contribution in [0.4, 0.5) is 0 Å². The highest BCUT2D eigenvalue weighted by Gasteiger charge is 2.40. The lowest BCUT2D eigenvalue weighted by Crippen LogP contribution is -2.38. The summed E-state index contributed by atoms with van der Waals surface area (Å²) >= 11 is 0. The fraction of sp³-hybridized carbons (Fsp3) is 0.600. The van der Waals surface area contributed by atoms with Crippen molar-refractivity contribution < 1.29 is 4.79 Å². The second-order valence-corrected chi connectivity index (χ2v) is 6.03. The molecule has 1 aliphatic heterocycles. The van der Waals surface area contributed by atoms with Crippen molar-refractivity contribution in [3.63, 3.8) is 0 Å². The SMILES string of the molecule is CC1(c2ccc(C(=O)N3CCCCC3)c(=O)[nH]2)CC1. The molecular formula is C15H20N2O2. The second-order valence-electron chi connectivity index (χ2n) is 6.03. The van der Waals surface area contributed by atoms with E-state index in [1.807, 2.05) is 6.07 Å². The predicted octanol–water partition coefficient (Wildman–Crippen LogP) is 2.05. The molecule has 1 aromatic rings. The maximum atomic E-state index is 12.3. The van der Waals surface area contributed by atoms with Crippen LogP contribution in [-0.4, -0.2) is 28.9 Å². The minimum atomic E-state index is -0.235. The van der Waals surface area contributed by atoms with Gasteiger partial charge in [0.1, 0.15) is 5.56 Å². The summed E-state index contributed by atoms with van der Waals surface area (Å²) in [5.74, 6) is -0.117. The maximum Gasteiger partial charge on any atom is 0.261 e. The zero-order chi connectivity index (χ0) is 13.5. The number of hydrogen-bond donors (Lipinski definition) is 1. The molecule has 2 fully saturated rings. The molecule has 0 spiro atoms. The maximum absolute atomic E-state index is 12.3. The van der Waals surface area contributed by atoms with E-state index >= 15 is 0 Å². The molecule has 4 heteroatoms. The Morgan fingerprint density at radius 3 is 2.47 bits per heavy atom. The molecule has 102 valence electrons. The van der Waals surface area contributed by atoms with Gasteiger partial charge in [-0.15, -0.1) is 0 Å². The van der Waals surface area contributed by atoms with Crippen LogP contribution in [0.5, 0.6) is 0 Å². The van der Waals surface area contributed by atoms with Gasteiger partial charge in [-0.05, 0) is 44.2 Å². The molecule has 0 radical (unpaired) electrons. The Hall–Kier alpha value is -1.58. The molecule has 2 aliphatic rings. The van der Waals surface area contributed by atoms with E-state index in [1.54, 1.807) is 11.0 Å². The zero-order valence-corrected chi connectivity index (χ0v) is 11.4. The van der Waals surface area contributed by atoms with Gasteiger partial charge in [-0.2, -0.15) is 0 Å². The van der Waals surface area contributed by atoms with E-state index in [1.165, 1.54) is 6.42 Å². The first-order valence-electron chi connectivity index (χ1n) is 7.13. The summed E-state index contributed by atoms with van der Waals surface area (Å²) in [5.41, 5.74) is 1.15. The van der Waals surface area contributed by atoms with Crippen LogP contribution in [0.1, 0.15) is 55.1 Å². The molecule has 1 saturated carbocycles. The highest BCUT2D eigenvalue weighted by molar-refractivity contribution is 5.93. The van der Waals surface area contributed by atoms with E-state index in [-0.39, 0.29) is 22.4 Å². The standard InChI is InChI=1S/C15H20N2O2/c1-15(7-8-15)12-6-5-11(13(18)16-12)14(19)17-9-3-2-4-10-17/h5-6H,2-4,7-10H2,1H3,(H,16,18). The van der Waals surface area contributed by atoms with Crippen molar-refractivity contribution >= 4 is 5.91 Å². The molecule has 4 nitrogen and oxygen atoms in total. The van der Waals surface area contributed by atoms with Crippen molar-refractivity contribution in [1.82, 2.24) is 9.88 Å². The van der Waals surface area contributed by atoms with Crippen molar-refractivity contribution in [2.45, 2.75) is 44.4 Å². The summed E-state index contributed by atoms with van der Waals surface area (Å²) < 4.78 is 0. The molecule has 0 bridgehead atoms. The molecular weight excluding hydrogens is 240 g/mol. The Morgan fingerprint density at radius 1 is 1.21 bits per heavy atom. The molecule has 1 amide bonds. The number of hydrogen-bond acceptors (Lipinski definition) is 2. The van der Waals surface area contributed by atoms with Crippen LogP contribution in [-0.2, 0) is 5.41 Å². The topological polar surface area (TPSA) is 53.2 Å². The molecule has 0 atom stereocenters. The Bertz CT molecular complexity index is 552. The van der Waals surface area contributed by atoms with Gasteiger partial charge in [-0.25, -0.2) is 0 Å². The van der Waals surface area contributed by atoms with Gasteiger partial charge in [0.15, 0.2) is 0 Å². The average Bonchev–Trinajstić information content (AvgIpc) is 3.18. The quantitative estimate of drug-likeness (QED) is 0.884. The minimum Gasteiger partial charge on any atom is -0.338 e. The molecule has 0 unspecified atom stereocenters. The lowest BCUT2D eigenvalue weighted by atomic mass is 10.0. The molecule has 1 N–H and O–H groups in total. The molecule has 1 saturated heterocycles. The van der Waals surface area contributed by atoms with E-state index < -0.39 is 0 Å². The number of aromatic amines is 1. The van der Waals surface area contributed by atoms with Crippen molar-refractivity contribution in [1.29, 1.82) is 0 Å². The van der Waals surface area contributed by atoms with Crippen molar-refractivity contribution in [2.24, 2.45) is 0 Å². The van der Waals surface area contributed by atoms with Crippen LogP contribution in [0.2, 0.25) is 0 Å². The van der Waals surface area contributed by atoms with Crippen LogP contribution in [0, 0.1) is 0 Å². The summed E-state index contributed by atoms with van der Waals surface area (Å²) in [7, 11) is 0. The number of carbonyl (C=O) groups is 1. The zero-order valence-electron chi connectivity index (χ0n) is 11.4. The summed E-state index contributed by atoms with van der Waals surface area (Å²) in [6.45, 7) is 3.69. The van der Waals surface area contributed by atoms with Gasteiger partial charge in [-0.3, -0.25) is 9.59 Å². The number of pyridine rings is 1. The molecule has 19 heavy (non-hydrogen) atoms. The number of H-pyrrole nitrogens is 1. The van der Waals surface area contributed by atoms with E-state index in [4.69, 9.17) is 0 Å². The summed E-state index contributed by atoms with van der Waals surface area (Å²) in [6, 6.07) is 3.61. The van der Waals surface area contributed by atoms with Gasteiger partial charge in [-0.1, -0.05) is 6.92 Å². The number of nitrogens with one attached hydrogen (secondary N) is 1. The summed E-state index contributed by atoms with van der Waals surface area (Å²) in [5, 5.41) is 0. The number of piperidine rings is 1. The monoisotopic (exact) mass is 260 g/mol. The Balaban J connectivity index is 1.84.